The summed E-state index contributed by atoms with van der Waals surface area (Å²) in [6.45, 7) is 1.21. The van der Waals surface area contributed by atoms with E-state index < -0.39 is 5.79 Å². The fourth-order valence-corrected chi connectivity index (χ4v) is 4.72. The Morgan fingerprint density at radius 2 is 1.90 bits per heavy atom. The van der Waals surface area contributed by atoms with Crippen molar-refractivity contribution in [2.45, 2.75) is 25.0 Å². The van der Waals surface area contributed by atoms with Gasteiger partial charge in [0.05, 0.1) is 37.1 Å². The topological polar surface area (TPSA) is 70.8 Å². The normalized spacial score (nSPS) is 17.2. The molecule has 0 atom stereocenters. The second-order valence-corrected chi connectivity index (χ2v) is 7.85. The number of nitrogens with zero attached hydrogens (tertiary/aromatic N) is 4. The molecular weight excluding hydrogens is 392 g/mol. The molecule has 156 valence electrons. The molecule has 1 aliphatic carbocycles. The van der Waals surface area contributed by atoms with Crippen molar-refractivity contribution in [3.8, 4) is 28.1 Å². The first-order valence-electron chi connectivity index (χ1n) is 10.5. The van der Waals surface area contributed by atoms with Crippen molar-refractivity contribution in [2.24, 2.45) is 0 Å². The molecule has 1 spiro atoms. The zero-order chi connectivity index (χ0) is 20.8. The summed E-state index contributed by atoms with van der Waals surface area (Å²) in [6, 6.07) is 12.0. The Balaban J connectivity index is 1.64. The van der Waals surface area contributed by atoms with E-state index in [1.165, 1.54) is 0 Å². The van der Waals surface area contributed by atoms with Crippen LogP contribution in [0.1, 0.15) is 24.1 Å². The predicted octanol–water partition coefficient (Wildman–Crippen LogP) is 4.00. The van der Waals surface area contributed by atoms with Crippen LogP contribution in [0, 0.1) is 0 Å². The highest BCUT2D eigenvalue weighted by molar-refractivity contribution is 5.90. The van der Waals surface area contributed by atoms with Crippen LogP contribution >= 0.6 is 0 Å². The average molecular weight is 414 g/mol. The number of pyridine rings is 1. The molecule has 0 radical (unpaired) electrons. The summed E-state index contributed by atoms with van der Waals surface area (Å²) in [5, 5.41) is 5.06. The fourth-order valence-electron chi connectivity index (χ4n) is 4.72. The SMILES string of the molecule is COc1cccc(-c2c(-c3ccncc3)nn3c4c(cnc23)C2(CCC4)OCCO2)c1. The quantitative estimate of drug-likeness (QED) is 0.505. The van der Waals surface area contributed by atoms with Gasteiger partial charge in [0.15, 0.2) is 11.4 Å². The van der Waals surface area contributed by atoms with Crippen molar-refractivity contribution in [1.29, 1.82) is 0 Å². The molecule has 0 bridgehead atoms. The molecule has 0 unspecified atom stereocenters. The largest absolute Gasteiger partial charge is 0.497 e. The van der Waals surface area contributed by atoms with Gasteiger partial charge in [-0.05, 0) is 42.7 Å². The minimum atomic E-state index is -0.687. The fraction of sp³-hybridized carbons (Fsp3) is 0.292. The first kappa shape index (κ1) is 18.5. The maximum absolute atomic E-state index is 6.07. The van der Waals surface area contributed by atoms with E-state index in [0.29, 0.717) is 13.2 Å². The van der Waals surface area contributed by atoms with Gasteiger partial charge in [0, 0.05) is 30.6 Å². The molecule has 0 saturated carbocycles. The molecular formula is C24H22N4O3. The van der Waals surface area contributed by atoms with Gasteiger partial charge in [0.25, 0.3) is 0 Å². The van der Waals surface area contributed by atoms with E-state index in [2.05, 4.69) is 11.1 Å². The van der Waals surface area contributed by atoms with Gasteiger partial charge in [-0.1, -0.05) is 12.1 Å². The summed E-state index contributed by atoms with van der Waals surface area (Å²) in [6.07, 6.45) is 8.20. The zero-order valence-electron chi connectivity index (χ0n) is 17.2. The molecule has 7 nitrogen and oxygen atoms in total. The molecule has 2 aliphatic rings. The molecule has 4 heterocycles. The van der Waals surface area contributed by atoms with E-state index in [1.54, 1.807) is 19.5 Å². The maximum atomic E-state index is 6.07. The number of aryl methyl sites for hydroxylation is 1. The van der Waals surface area contributed by atoms with Gasteiger partial charge < -0.3 is 14.2 Å². The van der Waals surface area contributed by atoms with Gasteiger partial charge in [-0.3, -0.25) is 4.98 Å². The van der Waals surface area contributed by atoms with Gasteiger partial charge >= 0.3 is 0 Å². The van der Waals surface area contributed by atoms with Crippen molar-refractivity contribution >= 4 is 5.65 Å². The number of hydrogen-bond acceptors (Lipinski definition) is 6. The maximum Gasteiger partial charge on any atom is 0.198 e. The molecule has 31 heavy (non-hydrogen) atoms. The number of rotatable bonds is 3. The van der Waals surface area contributed by atoms with Crippen LogP contribution in [-0.4, -0.2) is 39.9 Å². The van der Waals surface area contributed by atoms with Crippen LogP contribution < -0.4 is 4.74 Å². The molecule has 0 N–H and O–H groups in total. The lowest BCUT2D eigenvalue weighted by atomic mass is 9.91. The number of ether oxygens (including phenoxy) is 3. The highest BCUT2D eigenvalue weighted by Gasteiger charge is 2.43. The summed E-state index contributed by atoms with van der Waals surface area (Å²) in [4.78, 5) is 9.05. The summed E-state index contributed by atoms with van der Waals surface area (Å²) in [5.74, 6) is 0.107. The molecule has 1 aromatic carbocycles. The molecule has 6 rings (SSSR count). The lowest BCUT2D eigenvalue weighted by molar-refractivity contribution is -0.176. The Kier molecular flexibility index (Phi) is 4.26. The van der Waals surface area contributed by atoms with Crippen molar-refractivity contribution < 1.29 is 14.2 Å². The third-order valence-electron chi connectivity index (χ3n) is 6.14. The van der Waals surface area contributed by atoms with Crippen LogP contribution in [0.25, 0.3) is 28.0 Å². The Morgan fingerprint density at radius 3 is 2.71 bits per heavy atom. The summed E-state index contributed by atoms with van der Waals surface area (Å²) in [7, 11) is 1.68. The number of hydrogen-bond donors (Lipinski definition) is 0. The molecule has 0 amide bonds. The number of fused-ring (bicyclic) bond motifs is 4. The molecule has 7 heteroatoms. The van der Waals surface area contributed by atoms with E-state index in [1.807, 2.05) is 41.0 Å². The first-order chi connectivity index (χ1) is 15.3. The molecule has 1 saturated heterocycles. The Bertz CT molecular complexity index is 1260. The highest BCUT2D eigenvalue weighted by Crippen LogP contribution is 2.43. The van der Waals surface area contributed by atoms with E-state index >= 15 is 0 Å². The second kappa shape index (κ2) is 7.14. The Hall–Kier alpha value is -3.29. The van der Waals surface area contributed by atoms with Gasteiger partial charge in [-0.15, -0.1) is 0 Å². The average Bonchev–Trinajstić information content (AvgIpc) is 3.45. The smallest absolute Gasteiger partial charge is 0.198 e. The second-order valence-electron chi connectivity index (χ2n) is 7.85. The lowest BCUT2D eigenvalue weighted by Crippen LogP contribution is -2.33. The van der Waals surface area contributed by atoms with Gasteiger partial charge in [0.2, 0.25) is 0 Å². The highest BCUT2D eigenvalue weighted by atomic mass is 16.7. The third kappa shape index (κ3) is 2.85. The van der Waals surface area contributed by atoms with Crippen molar-refractivity contribution in [1.82, 2.24) is 19.6 Å². The number of methoxy groups -OCH3 is 1. The van der Waals surface area contributed by atoms with Crippen molar-refractivity contribution in [3.05, 3.63) is 66.2 Å². The van der Waals surface area contributed by atoms with E-state index in [0.717, 1.165) is 64.3 Å². The van der Waals surface area contributed by atoms with Crippen LogP contribution in [0.4, 0.5) is 0 Å². The molecule has 1 aliphatic heterocycles. The first-order valence-corrected chi connectivity index (χ1v) is 10.5. The summed E-state index contributed by atoms with van der Waals surface area (Å²) < 4.78 is 19.6. The van der Waals surface area contributed by atoms with E-state index in [4.69, 9.17) is 24.3 Å². The van der Waals surface area contributed by atoms with Crippen LogP contribution in [0.3, 0.4) is 0 Å². The van der Waals surface area contributed by atoms with Crippen molar-refractivity contribution in [2.75, 3.05) is 20.3 Å². The molecule has 4 aromatic rings. The predicted molar refractivity (Wildman–Crippen MR) is 115 cm³/mol. The van der Waals surface area contributed by atoms with E-state index in [-0.39, 0.29) is 0 Å². The number of benzene rings is 1. The lowest BCUT2D eigenvalue weighted by Gasteiger charge is -2.33. The third-order valence-corrected chi connectivity index (χ3v) is 6.14. The molecule has 1 fully saturated rings. The van der Waals surface area contributed by atoms with Crippen LogP contribution in [0.2, 0.25) is 0 Å². The van der Waals surface area contributed by atoms with Crippen LogP contribution in [0.5, 0.6) is 5.75 Å². The van der Waals surface area contributed by atoms with Gasteiger partial charge in [0.1, 0.15) is 11.4 Å². The summed E-state index contributed by atoms with van der Waals surface area (Å²) in [5.41, 5.74) is 6.74. The van der Waals surface area contributed by atoms with E-state index in [9.17, 15) is 0 Å². The zero-order valence-corrected chi connectivity index (χ0v) is 17.2. The van der Waals surface area contributed by atoms with Crippen LogP contribution in [0.15, 0.2) is 55.0 Å². The minimum absolute atomic E-state index is 0.605. The molecule has 3 aromatic heterocycles. The number of aromatic nitrogens is 4. The minimum Gasteiger partial charge on any atom is -0.497 e. The summed E-state index contributed by atoms with van der Waals surface area (Å²) >= 11 is 0. The Labute approximate surface area is 179 Å². The van der Waals surface area contributed by atoms with Gasteiger partial charge in [-0.25, -0.2) is 9.50 Å². The standard InChI is InChI=1S/C24H22N4O3/c1-29-18-5-2-4-17(14-18)21-22(16-7-10-25-11-8-16)27-28-20-6-3-9-24(30-12-13-31-24)19(20)15-26-23(21)28/h2,4-5,7-8,10-11,14-15H,3,6,9,12-13H2,1H3. The van der Waals surface area contributed by atoms with Crippen molar-refractivity contribution in [3.63, 3.8) is 0 Å². The Morgan fingerprint density at radius 1 is 1.06 bits per heavy atom. The van der Waals surface area contributed by atoms with Crippen LogP contribution in [-0.2, 0) is 21.7 Å². The monoisotopic (exact) mass is 414 g/mol. The van der Waals surface area contributed by atoms with Gasteiger partial charge in [-0.2, -0.15) is 5.10 Å².